The van der Waals surface area contributed by atoms with E-state index in [-0.39, 0.29) is 18.1 Å². The summed E-state index contributed by atoms with van der Waals surface area (Å²) in [5, 5.41) is 9.19. The first-order valence-electron chi connectivity index (χ1n) is 12.2. The van der Waals surface area contributed by atoms with Crippen LogP contribution in [-0.2, 0) is 16.6 Å². The number of nitriles is 1. The normalized spacial score (nSPS) is 17.2. The fraction of sp³-hybridized carbons (Fsp3) is 0.333. The smallest absolute Gasteiger partial charge is 0.271 e. The maximum absolute atomic E-state index is 15.8. The Morgan fingerprint density at radius 3 is 2.48 bits per heavy atom. The molecule has 0 aliphatic carbocycles. The molecule has 1 unspecified atom stereocenters. The van der Waals surface area contributed by atoms with Gasteiger partial charge >= 0.3 is 0 Å². The van der Waals surface area contributed by atoms with Crippen LogP contribution >= 0.6 is 11.6 Å². The van der Waals surface area contributed by atoms with Gasteiger partial charge in [0.15, 0.2) is 10.7 Å². The zero-order valence-corrected chi connectivity index (χ0v) is 23.6. The molecular formula is C27H27ClF3N5O3S. The Labute approximate surface area is 236 Å². The van der Waals surface area contributed by atoms with Crippen molar-refractivity contribution >= 4 is 33.1 Å². The third-order valence-electron chi connectivity index (χ3n) is 6.64. The quantitative estimate of drug-likeness (QED) is 0.259. The minimum Gasteiger partial charge on any atom is -0.497 e. The molecule has 1 aliphatic rings. The molecule has 13 heteroatoms. The number of anilines is 2. The van der Waals surface area contributed by atoms with E-state index in [1.807, 2.05) is 19.0 Å². The van der Waals surface area contributed by atoms with Crippen LogP contribution in [0.15, 0.2) is 53.4 Å². The predicted molar refractivity (Wildman–Crippen MR) is 145 cm³/mol. The zero-order valence-electron chi connectivity index (χ0n) is 22.0. The van der Waals surface area contributed by atoms with Gasteiger partial charge in [-0.25, -0.2) is 26.5 Å². The van der Waals surface area contributed by atoms with E-state index in [0.717, 1.165) is 12.1 Å². The van der Waals surface area contributed by atoms with E-state index in [1.54, 1.807) is 29.2 Å². The monoisotopic (exact) mass is 593 g/mol. The molecular weight excluding hydrogens is 567 g/mol. The van der Waals surface area contributed by atoms with E-state index < -0.39 is 49.5 Å². The summed E-state index contributed by atoms with van der Waals surface area (Å²) in [6.07, 6.45) is 0.433. The number of aromatic nitrogens is 1. The molecule has 1 atom stereocenters. The third kappa shape index (κ3) is 5.82. The lowest BCUT2D eigenvalue weighted by atomic mass is 9.88. The van der Waals surface area contributed by atoms with E-state index >= 15 is 8.78 Å². The first-order valence-corrected chi connectivity index (χ1v) is 14.0. The zero-order chi connectivity index (χ0) is 29.2. The van der Waals surface area contributed by atoms with Crippen molar-refractivity contribution in [1.29, 1.82) is 5.26 Å². The molecule has 0 saturated carbocycles. The number of ether oxygens (including phenoxy) is 1. The highest BCUT2D eigenvalue weighted by Crippen LogP contribution is 2.41. The molecule has 4 rings (SSSR count). The Balaban J connectivity index is 1.77. The van der Waals surface area contributed by atoms with Gasteiger partial charge in [-0.1, -0.05) is 29.8 Å². The lowest BCUT2D eigenvalue weighted by Gasteiger charge is -2.27. The highest BCUT2D eigenvalue weighted by molar-refractivity contribution is 7.92. The number of halogens is 4. The van der Waals surface area contributed by atoms with Gasteiger partial charge in [0.25, 0.3) is 10.0 Å². The van der Waals surface area contributed by atoms with Crippen molar-refractivity contribution in [3.63, 3.8) is 0 Å². The minimum atomic E-state index is -4.99. The maximum Gasteiger partial charge on any atom is 0.271 e. The number of hydrogen-bond donors (Lipinski definition) is 0. The largest absolute Gasteiger partial charge is 0.497 e. The van der Waals surface area contributed by atoms with Gasteiger partial charge < -0.3 is 14.5 Å². The van der Waals surface area contributed by atoms with Crippen molar-refractivity contribution < 1.29 is 26.3 Å². The summed E-state index contributed by atoms with van der Waals surface area (Å²) < 4.78 is 78.7. The molecule has 1 aromatic heterocycles. The maximum atomic E-state index is 15.8. The van der Waals surface area contributed by atoms with Gasteiger partial charge in [0.05, 0.1) is 30.8 Å². The molecule has 2 heterocycles. The van der Waals surface area contributed by atoms with E-state index in [9.17, 15) is 18.1 Å². The lowest BCUT2D eigenvalue weighted by molar-refractivity contribution is 0.281. The molecule has 0 N–H and O–H groups in total. The van der Waals surface area contributed by atoms with Crippen LogP contribution in [0.5, 0.6) is 5.75 Å². The second-order valence-corrected chi connectivity index (χ2v) is 12.0. The fourth-order valence-corrected chi connectivity index (χ4v) is 6.65. The van der Waals surface area contributed by atoms with Crippen LogP contribution in [0.1, 0.15) is 12.0 Å². The van der Waals surface area contributed by atoms with Crippen LogP contribution in [0.3, 0.4) is 0 Å². The van der Waals surface area contributed by atoms with Crippen LogP contribution < -0.4 is 13.9 Å². The molecule has 0 amide bonds. The van der Waals surface area contributed by atoms with Crippen LogP contribution in [0.4, 0.5) is 24.7 Å². The highest BCUT2D eigenvalue weighted by atomic mass is 35.5. The second kappa shape index (κ2) is 11.5. The van der Waals surface area contributed by atoms with Gasteiger partial charge in [-0.3, -0.25) is 0 Å². The molecule has 212 valence electrons. The summed E-state index contributed by atoms with van der Waals surface area (Å²) >= 11 is 6.32. The summed E-state index contributed by atoms with van der Waals surface area (Å²) in [7, 11) is 0.110. The Kier molecular flexibility index (Phi) is 8.49. The topological polar surface area (TPSA) is 89.8 Å². The third-order valence-corrected chi connectivity index (χ3v) is 8.78. The Morgan fingerprint density at radius 2 is 1.88 bits per heavy atom. The van der Waals surface area contributed by atoms with Crippen LogP contribution in [0.25, 0.3) is 0 Å². The summed E-state index contributed by atoms with van der Waals surface area (Å²) in [6.45, 7) is 0.463. The number of hydrogen-bond acceptors (Lipinski definition) is 7. The van der Waals surface area contributed by atoms with Crippen molar-refractivity contribution in [2.75, 3.05) is 50.0 Å². The summed E-state index contributed by atoms with van der Waals surface area (Å²) in [4.78, 5) is 5.77. The Bertz CT molecular complexity index is 1550. The number of benzene rings is 2. The SMILES string of the molecule is COc1ccc(CN(c2cccc(F)n2)S(=O)(=O)c2c(F)cc(N3CCC(C#N)(CN(C)C)C3)c(Cl)c2F)cc1. The number of nitrogens with zero attached hydrogens (tertiary/aromatic N) is 5. The first-order chi connectivity index (χ1) is 18.9. The average molecular weight is 594 g/mol. The van der Waals surface area contributed by atoms with E-state index in [2.05, 4.69) is 11.1 Å². The molecule has 40 heavy (non-hydrogen) atoms. The number of rotatable bonds is 9. The molecule has 0 spiro atoms. The van der Waals surface area contributed by atoms with Gasteiger partial charge in [0.1, 0.15) is 22.4 Å². The van der Waals surface area contributed by atoms with Crippen molar-refractivity contribution in [3.05, 3.63) is 76.7 Å². The van der Waals surface area contributed by atoms with E-state index in [1.165, 1.54) is 19.2 Å². The molecule has 8 nitrogen and oxygen atoms in total. The number of sulfonamides is 1. The average Bonchev–Trinajstić information content (AvgIpc) is 3.33. The Hall–Kier alpha value is -3.53. The number of pyridine rings is 1. The van der Waals surface area contributed by atoms with Crippen molar-refractivity contribution in [3.8, 4) is 11.8 Å². The van der Waals surface area contributed by atoms with Crippen molar-refractivity contribution in [1.82, 2.24) is 9.88 Å². The van der Waals surface area contributed by atoms with E-state index in [4.69, 9.17) is 16.3 Å². The summed E-state index contributed by atoms with van der Waals surface area (Å²) in [5.41, 5.74) is -0.426. The minimum absolute atomic E-state index is 0.0583. The van der Waals surface area contributed by atoms with Crippen molar-refractivity contribution in [2.45, 2.75) is 17.9 Å². The molecule has 0 bridgehead atoms. The summed E-state index contributed by atoms with van der Waals surface area (Å²) in [6, 6.07) is 12.9. The molecule has 3 aromatic rings. The standard InChI is InChI=1S/C27H27ClF3N5O3S/c1-34(2)16-27(15-32)11-12-35(17-27)21-13-20(29)26(25(31)24(21)28)40(37,38)36(23-6-4-5-22(30)33-23)14-18-7-9-19(39-3)10-8-18/h4-10,13H,11-12,14,16-17H2,1-3H3. The van der Waals surface area contributed by atoms with Gasteiger partial charge in [-0.2, -0.15) is 9.65 Å². The lowest BCUT2D eigenvalue weighted by Crippen LogP contribution is -2.36. The van der Waals surface area contributed by atoms with Gasteiger partial charge in [0.2, 0.25) is 5.95 Å². The van der Waals surface area contributed by atoms with Crippen LogP contribution in [0, 0.1) is 34.3 Å². The summed E-state index contributed by atoms with van der Waals surface area (Å²) in [5.74, 6) is -3.72. The Morgan fingerprint density at radius 1 is 1.18 bits per heavy atom. The molecule has 0 radical (unpaired) electrons. The second-order valence-electron chi connectivity index (χ2n) is 9.81. The van der Waals surface area contributed by atoms with Gasteiger partial charge in [-0.15, -0.1) is 0 Å². The molecule has 2 aromatic carbocycles. The van der Waals surface area contributed by atoms with E-state index in [0.29, 0.717) is 35.1 Å². The van der Waals surface area contributed by atoms with Gasteiger partial charge in [-0.05, 0) is 50.3 Å². The van der Waals surface area contributed by atoms with Gasteiger partial charge in [0, 0.05) is 25.7 Å². The molecule has 1 fully saturated rings. The molecule has 1 saturated heterocycles. The predicted octanol–water partition coefficient (Wildman–Crippen LogP) is 4.84. The van der Waals surface area contributed by atoms with Crippen LogP contribution in [-0.4, -0.2) is 59.1 Å². The highest BCUT2D eigenvalue weighted by Gasteiger charge is 2.41. The van der Waals surface area contributed by atoms with Crippen molar-refractivity contribution in [2.24, 2.45) is 5.41 Å². The first kappa shape index (κ1) is 29.5. The fourth-order valence-electron chi connectivity index (χ4n) is 4.80. The van der Waals surface area contributed by atoms with Crippen LogP contribution in [0.2, 0.25) is 5.02 Å². The molecule has 1 aliphatic heterocycles. The number of methoxy groups -OCH3 is 1.